The number of carboxylic acids is 1. The van der Waals surface area contributed by atoms with Crippen LogP contribution in [-0.2, 0) is 39.0 Å². The number of likely N-dealkylation sites (tertiary alicyclic amines) is 1. The molecule has 1 saturated heterocycles. The molecule has 2 aromatic rings. The average Bonchev–Trinajstić information content (AvgIpc) is 2.73. The van der Waals surface area contributed by atoms with Crippen molar-refractivity contribution in [3.05, 3.63) is 71.0 Å². The van der Waals surface area contributed by atoms with Crippen molar-refractivity contribution in [2.75, 3.05) is 6.54 Å². The molecule has 0 radical (unpaired) electrons. The summed E-state index contributed by atoms with van der Waals surface area (Å²) in [6.45, 7) is 0.628. The molecule has 5 nitrogen and oxygen atoms in total. The Morgan fingerprint density at radius 1 is 0.968 bits per heavy atom. The van der Waals surface area contributed by atoms with Crippen LogP contribution in [0.2, 0.25) is 0 Å². The fourth-order valence-corrected chi connectivity index (χ4v) is 5.28. The molecule has 1 aliphatic rings. The van der Waals surface area contributed by atoms with Crippen molar-refractivity contribution in [3.63, 3.8) is 0 Å². The topological polar surface area (TPSA) is 74.7 Å². The Hall–Kier alpha value is -2.54. The maximum Gasteiger partial charge on any atom is 0.307 e. The van der Waals surface area contributed by atoms with Gasteiger partial charge in [0.15, 0.2) is 0 Å². The summed E-state index contributed by atoms with van der Waals surface area (Å²) in [7, 11) is -1.17. The third kappa shape index (κ3) is 6.99. The minimum absolute atomic E-state index is 0.0296. The van der Waals surface area contributed by atoms with Gasteiger partial charge in [-0.2, -0.15) is 0 Å². The van der Waals surface area contributed by atoms with Gasteiger partial charge in [0, 0.05) is 17.3 Å². The quantitative estimate of drug-likeness (QED) is 0.395. The molecule has 1 aliphatic heterocycles. The Bertz CT molecular complexity index is 914. The molecule has 2 aromatic carbocycles. The van der Waals surface area contributed by atoms with Crippen molar-refractivity contribution in [1.29, 1.82) is 0 Å². The number of carboxylic acid groups (broad SMARTS) is 1. The second-order valence-corrected chi connectivity index (χ2v) is 9.54. The number of hydrogen-bond donors (Lipinski definition) is 1. The van der Waals surface area contributed by atoms with Crippen molar-refractivity contribution in [2.45, 2.75) is 56.1 Å². The van der Waals surface area contributed by atoms with Crippen LogP contribution in [0.1, 0.15) is 48.8 Å². The van der Waals surface area contributed by atoms with Gasteiger partial charge in [-0.1, -0.05) is 49.2 Å². The minimum Gasteiger partial charge on any atom is -0.481 e. The molecule has 2 unspecified atom stereocenters. The highest BCUT2D eigenvalue weighted by Crippen LogP contribution is 2.25. The summed E-state index contributed by atoms with van der Waals surface area (Å²) in [4.78, 5) is 24.5. The van der Waals surface area contributed by atoms with Crippen LogP contribution in [-0.4, -0.2) is 38.0 Å². The average molecular weight is 446 g/mol. The van der Waals surface area contributed by atoms with Crippen molar-refractivity contribution in [2.24, 2.45) is 0 Å². The van der Waals surface area contributed by atoms with E-state index in [1.54, 1.807) is 17.0 Å². The van der Waals surface area contributed by atoms with E-state index in [-0.39, 0.29) is 23.5 Å². The fraction of sp³-hybridized carbons (Fsp3) is 0.417. The number of amides is 1. The number of hydrogen-bond acceptors (Lipinski definition) is 3. The first-order valence-corrected chi connectivity index (χ1v) is 12.0. The van der Waals surface area contributed by atoms with Gasteiger partial charge in [0.05, 0.1) is 18.6 Å². The molecule has 0 saturated carbocycles. The standard InChI is InChI=1S/C24H28FNO4S/c25-21-12-10-18(11-13-21)5-3-1-2-4-14-26-22(27)16-23(26)31(30)17-20-8-6-19(7-9-20)15-24(28)29/h6-13,23H,1-5,14-17H2,(H,28,29). The van der Waals surface area contributed by atoms with Crippen molar-refractivity contribution in [1.82, 2.24) is 4.90 Å². The van der Waals surface area contributed by atoms with E-state index in [0.717, 1.165) is 43.2 Å². The van der Waals surface area contributed by atoms with Crippen LogP contribution in [0.4, 0.5) is 4.39 Å². The number of unbranched alkanes of at least 4 members (excludes halogenated alkanes) is 3. The highest BCUT2D eigenvalue weighted by atomic mass is 32.2. The second-order valence-electron chi connectivity index (χ2n) is 7.95. The Kier molecular flexibility index (Phi) is 8.35. The lowest BCUT2D eigenvalue weighted by molar-refractivity contribution is -0.141. The molecule has 7 heteroatoms. The maximum atomic E-state index is 12.9. The number of carbonyl (C=O) groups is 2. The van der Waals surface area contributed by atoms with Crippen LogP contribution in [0, 0.1) is 5.82 Å². The summed E-state index contributed by atoms with van der Waals surface area (Å²) in [5.74, 6) is -0.679. The van der Waals surface area contributed by atoms with Crippen LogP contribution in [0.3, 0.4) is 0 Å². The molecule has 0 aliphatic carbocycles. The maximum absolute atomic E-state index is 12.9. The van der Waals surface area contributed by atoms with Gasteiger partial charge >= 0.3 is 5.97 Å². The number of rotatable bonds is 12. The number of benzene rings is 2. The highest BCUT2D eigenvalue weighted by Gasteiger charge is 2.39. The molecular weight excluding hydrogens is 417 g/mol. The Morgan fingerprint density at radius 3 is 2.23 bits per heavy atom. The van der Waals surface area contributed by atoms with Crippen molar-refractivity contribution >= 4 is 22.7 Å². The Balaban J connectivity index is 1.36. The van der Waals surface area contributed by atoms with Crippen LogP contribution < -0.4 is 0 Å². The van der Waals surface area contributed by atoms with E-state index in [2.05, 4.69) is 0 Å². The molecule has 3 rings (SSSR count). The van der Waals surface area contributed by atoms with Gasteiger partial charge in [-0.3, -0.25) is 13.8 Å². The van der Waals surface area contributed by atoms with Gasteiger partial charge < -0.3 is 10.0 Å². The van der Waals surface area contributed by atoms with Crippen LogP contribution in [0.5, 0.6) is 0 Å². The number of β-lactam (4-membered cyclic amide) rings is 1. The summed E-state index contributed by atoms with van der Waals surface area (Å²) in [6.07, 6.45) is 5.15. The van der Waals surface area contributed by atoms with E-state index in [4.69, 9.17) is 5.11 Å². The molecule has 0 aromatic heterocycles. The third-order valence-corrected chi connectivity index (χ3v) is 7.18. The van der Waals surface area contributed by atoms with Gasteiger partial charge in [0.25, 0.3) is 0 Å². The van der Waals surface area contributed by atoms with E-state index >= 15 is 0 Å². The zero-order chi connectivity index (χ0) is 22.2. The predicted molar refractivity (Wildman–Crippen MR) is 118 cm³/mol. The predicted octanol–water partition coefficient (Wildman–Crippen LogP) is 4.06. The van der Waals surface area contributed by atoms with E-state index in [1.165, 1.54) is 12.1 Å². The summed E-state index contributed by atoms with van der Waals surface area (Å²) in [5.41, 5.74) is 2.72. The lowest BCUT2D eigenvalue weighted by atomic mass is 10.1. The van der Waals surface area contributed by atoms with Gasteiger partial charge in [0.2, 0.25) is 5.91 Å². The highest BCUT2D eigenvalue weighted by molar-refractivity contribution is 7.84. The molecule has 1 heterocycles. The first-order valence-electron chi connectivity index (χ1n) is 10.6. The van der Waals surface area contributed by atoms with E-state index in [1.807, 2.05) is 24.3 Å². The Labute approximate surface area is 184 Å². The SMILES string of the molecule is O=C(O)Cc1ccc(CS(=O)C2CC(=O)N2CCCCCCc2ccc(F)cc2)cc1. The molecule has 1 fully saturated rings. The number of carbonyl (C=O) groups excluding carboxylic acids is 1. The molecule has 2 atom stereocenters. The monoisotopic (exact) mass is 445 g/mol. The first kappa shape index (κ1) is 23.1. The van der Waals surface area contributed by atoms with Crippen molar-refractivity contribution in [3.8, 4) is 0 Å². The van der Waals surface area contributed by atoms with E-state index in [9.17, 15) is 18.2 Å². The molecule has 0 spiro atoms. The van der Waals surface area contributed by atoms with Crippen LogP contribution >= 0.6 is 0 Å². The molecule has 166 valence electrons. The Morgan fingerprint density at radius 2 is 1.58 bits per heavy atom. The molecule has 31 heavy (non-hydrogen) atoms. The largest absolute Gasteiger partial charge is 0.481 e. The smallest absolute Gasteiger partial charge is 0.307 e. The van der Waals surface area contributed by atoms with Gasteiger partial charge in [-0.25, -0.2) is 4.39 Å². The van der Waals surface area contributed by atoms with E-state index in [0.29, 0.717) is 24.3 Å². The zero-order valence-electron chi connectivity index (χ0n) is 17.5. The molecule has 0 bridgehead atoms. The second kappa shape index (κ2) is 11.2. The molecule has 1 amide bonds. The van der Waals surface area contributed by atoms with Gasteiger partial charge in [-0.05, 0) is 48.1 Å². The number of aliphatic carboxylic acids is 1. The summed E-state index contributed by atoms with van der Waals surface area (Å²) < 4.78 is 25.6. The van der Waals surface area contributed by atoms with Crippen LogP contribution in [0.25, 0.3) is 0 Å². The summed E-state index contributed by atoms with van der Waals surface area (Å²) in [5, 5.41) is 8.60. The minimum atomic E-state index is -1.17. The molecule has 1 N–H and O–H groups in total. The number of nitrogens with zero attached hydrogens (tertiary/aromatic N) is 1. The van der Waals surface area contributed by atoms with Crippen LogP contribution in [0.15, 0.2) is 48.5 Å². The summed E-state index contributed by atoms with van der Waals surface area (Å²) >= 11 is 0. The van der Waals surface area contributed by atoms with Gasteiger partial charge in [-0.15, -0.1) is 0 Å². The molecular formula is C24H28FNO4S. The zero-order valence-corrected chi connectivity index (χ0v) is 18.3. The lowest BCUT2D eigenvalue weighted by Gasteiger charge is -2.39. The summed E-state index contributed by atoms with van der Waals surface area (Å²) in [6, 6.07) is 13.7. The number of aryl methyl sites for hydroxylation is 1. The third-order valence-electron chi connectivity index (χ3n) is 5.54. The number of halogens is 1. The van der Waals surface area contributed by atoms with Crippen molar-refractivity contribution < 1.29 is 23.3 Å². The van der Waals surface area contributed by atoms with E-state index < -0.39 is 16.8 Å². The first-order chi connectivity index (χ1) is 14.9. The van der Waals surface area contributed by atoms with Gasteiger partial charge in [0.1, 0.15) is 11.2 Å². The normalized spacial score (nSPS) is 16.7. The lowest BCUT2D eigenvalue weighted by Crippen LogP contribution is -2.55. The fourth-order valence-electron chi connectivity index (χ4n) is 3.73.